The van der Waals surface area contributed by atoms with Crippen molar-refractivity contribution in [1.29, 1.82) is 5.26 Å². The Hall–Kier alpha value is -2.31. The summed E-state index contributed by atoms with van der Waals surface area (Å²) in [6, 6.07) is 20.5. The van der Waals surface area contributed by atoms with Crippen LogP contribution in [0, 0.1) is 16.7 Å². The van der Waals surface area contributed by atoms with Crippen LogP contribution in [0.15, 0.2) is 48.5 Å². The minimum Gasteiger partial charge on any atom is -0.490 e. The molecular weight excluding hydrogens is 490 g/mol. The Labute approximate surface area is 245 Å². The Balaban J connectivity index is 1.53. The van der Waals surface area contributed by atoms with E-state index in [-0.39, 0.29) is 11.5 Å². The zero-order valence-corrected chi connectivity index (χ0v) is 25.5. The Kier molecular flexibility index (Phi) is 14.6. The molecule has 3 nitrogen and oxygen atoms in total. The molecule has 40 heavy (non-hydrogen) atoms. The van der Waals surface area contributed by atoms with Crippen molar-refractivity contribution in [2.24, 2.45) is 5.41 Å². The van der Waals surface area contributed by atoms with Gasteiger partial charge in [-0.15, -0.1) is 0 Å². The lowest BCUT2D eigenvalue weighted by Gasteiger charge is -2.36. The molecule has 0 bridgehead atoms. The first-order chi connectivity index (χ1) is 19.6. The minimum absolute atomic E-state index is 0.128. The van der Waals surface area contributed by atoms with Gasteiger partial charge in [0.05, 0.1) is 17.6 Å². The van der Waals surface area contributed by atoms with Gasteiger partial charge in [-0.3, -0.25) is 0 Å². The fraction of sp³-hybridized carbons (Fsp3) is 0.649. The summed E-state index contributed by atoms with van der Waals surface area (Å²) in [5.74, 6) is 1.45. The van der Waals surface area contributed by atoms with E-state index in [1.165, 1.54) is 68.1 Å². The molecule has 1 aliphatic rings. The van der Waals surface area contributed by atoms with E-state index in [4.69, 9.17) is 9.84 Å². The zero-order valence-electron chi connectivity index (χ0n) is 25.5. The van der Waals surface area contributed by atoms with Crippen LogP contribution in [0.1, 0.15) is 141 Å². The Morgan fingerprint density at radius 1 is 0.825 bits per heavy atom. The number of hydrogen-bond acceptors (Lipinski definition) is 3. The summed E-state index contributed by atoms with van der Waals surface area (Å²) in [4.78, 5) is 0. The van der Waals surface area contributed by atoms with Gasteiger partial charge in [0.2, 0.25) is 0 Å². The van der Waals surface area contributed by atoms with Crippen molar-refractivity contribution < 1.29 is 9.84 Å². The van der Waals surface area contributed by atoms with E-state index >= 15 is 0 Å². The molecule has 220 valence electrons. The van der Waals surface area contributed by atoms with Gasteiger partial charge in [0.1, 0.15) is 5.75 Å². The van der Waals surface area contributed by atoms with Gasteiger partial charge in [0.15, 0.2) is 0 Å². The number of rotatable bonds is 19. The molecule has 1 fully saturated rings. The molecule has 1 N–H and O–H groups in total. The van der Waals surface area contributed by atoms with Crippen molar-refractivity contribution in [3.05, 3.63) is 54.1 Å². The number of unbranched alkanes of at least 4 members (excludes halogenated alkanes) is 8. The summed E-state index contributed by atoms with van der Waals surface area (Å²) in [7, 11) is 0. The van der Waals surface area contributed by atoms with Gasteiger partial charge in [0, 0.05) is 6.61 Å². The molecule has 1 saturated carbocycles. The summed E-state index contributed by atoms with van der Waals surface area (Å²) in [5.41, 5.74) is 3.72. The molecule has 3 rings (SSSR count). The van der Waals surface area contributed by atoms with Crippen molar-refractivity contribution in [3.63, 3.8) is 0 Å². The number of aliphatic hydroxyl groups is 1. The molecule has 0 radical (unpaired) electrons. The first kappa shape index (κ1) is 32.2. The van der Waals surface area contributed by atoms with Gasteiger partial charge >= 0.3 is 0 Å². The second kappa shape index (κ2) is 18.2. The quantitative estimate of drug-likeness (QED) is 0.179. The van der Waals surface area contributed by atoms with Crippen LogP contribution in [0.2, 0.25) is 0 Å². The van der Waals surface area contributed by atoms with Crippen LogP contribution in [0.25, 0.3) is 11.1 Å². The van der Waals surface area contributed by atoms with Gasteiger partial charge < -0.3 is 9.84 Å². The third kappa shape index (κ3) is 10.6. The molecule has 0 spiro atoms. The predicted molar refractivity (Wildman–Crippen MR) is 169 cm³/mol. The highest BCUT2D eigenvalue weighted by molar-refractivity contribution is 5.64. The fourth-order valence-corrected chi connectivity index (χ4v) is 6.56. The van der Waals surface area contributed by atoms with Crippen LogP contribution in [0.5, 0.6) is 5.75 Å². The van der Waals surface area contributed by atoms with E-state index in [1.54, 1.807) is 0 Å². The van der Waals surface area contributed by atoms with E-state index in [0.29, 0.717) is 12.5 Å². The minimum atomic E-state index is -0.128. The lowest BCUT2D eigenvalue weighted by Crippen LogP contribution is -2.26. The Morgan fingerprint density at radius 3 is 2.15 bits per heavy atom. The van der Waals surface area contributed by atoms with Crippen molar-refractivity contribution in [1.82, 2.24) is 0 Å². The van der Waals surface area contributed by atoms with E-state index in [2.05, 4.69) is 68.4 Å². The molecule has 3 atom stereocenters. The topological polar surface area (TPSA) is 53.2 Å². The van der Waals surface area contributed by atoms with E-state index in [0.717, 1.165) is 70.0 Å². The Bertz CT molecular complexity index is 977. The molecule has 0 amide bonds. The summed E-state index contributed by atoms with van der Waals surface area (Å²) in [5, 5.41) is 19.1. The lowest BCUT2D eigenvalue weighted by molar-refractivity contribution is 0.175. The molecule has 1 aliphatic carbocycles. The van der Waals surface area contributed by atoms with Crippen molar-refractivity contribution in [3.8, 4) is 22.9 Å². The molecule has 0 aliphatic heterocycles. The normalized spacial score (nSPS) is 19.7. The average Bonchev–Trinajstić information content (AvgIpc) is 2.99. The van der Waals surface area contributed by atoms with Crippen LogP contribution in [-0.2, 0) is 0 Å². The maximum absolute atomic E-state index is 10.2. The van der Waals surface area contributed by atoms with Gasteiger partial charge in [-0.2, -0.15) is 5.26 Å². The van der Waals surface area contributed by atoms with Crippen LogP contribution in [0.4, 0.5) is 0 Å². The molecule has 0 heterocycles. The third-order valence-electron chi connectivity index (χ3n) is 9.01. The second-order valence-electron chi connectivity index (χ2n) is 12.3. The highest BCUT2D eigenvalue weighted by Crippen LogP contribution is 2.47. The van der Waals surface area contributed by atoms with Crippen LogP contribution in [-0.4, -0.2) is 17.8 Å². The van der Waals surface area contributed by atoms with Gasteiger partial charge in [-0.25, -0.2) is 0 Å². The number of benzene rings is 2. The first-order valence-corrected chi connectivity index (χ1v) is 16.5. The van der Waals surface area contributed by atoms with Crippen LogP contribution >= 0.6 is 0 Å². The van der Waals surface area contributed by atoms with Gasteiger partial charge in [0.25, 0.3) is 0 Å². The number of hydrogen-bond donors (Lipinski definition) is 1. The number of ether oxygens (including phenoxy) is 1. The first-order valence-electron chi connectivity index (χ1n) is 16.5. The molecule has 0 aromatic heterocycles. The van der Waals surface area contributed by atoms with E-state index in [1.807, 2.05) is 0 Å². The van der Waals surface area contributed by atoms with Gasteiger partial charge in [-0.05, 0) is 86.1 Å². The van der Waals surface area contributed by atoms with Crippen molar-refractivity contribution >= 4 is 0 Å². The maximum atomic E-state index is 10.2. The van der Waals surface area contributed by atoms with Crippen molar-refractivity contribution in [2.75, 3.05) is 6.61 Å². The molecular formula is C37H55NO2. The summed E-state index contributed by atoms with van der Waals surface area (Å²) in [6.07, 6.45) is 21.2. The molecule has 2 aromatic rings. The molecule has 3 heteroatoms. The molecule has 0 saturated heterocycles. The Morgan fingerprint density at radius 2 is 1.48 bits per heavy atom. The SMILES string of the molecule is CCCCCCCCC1(C#N)CCCC(c2ccc(-c3ccc(OC(CCC)CCCCCCO)cc3)cc2)C1. The highest BCUT2D eigenvalue weighted by atomic mass is 16.5. The number of nitrogens with zero attached hydrogens (tertiary/aromatic N) is 1. The van der Waals surface area contributed by atoms with Crippen LogP contribution < -0.4 is 4.74 Å². The van der Waals surface area contributed by atoms with E-state index < -0.39 is 0 Å². The maximum Gasteiger partial charge on any atom is 0.119 e. The molecule has 3 unspecified atom stereocenters. The summed E-state index contributed by atoms with van der Waals surface area (Å²) in [6.45, 7) is 4.78. The van der Waals surface area contributed by atoms with Gasteiger partial charge in [-0.1, -0.05) is 114 Å². The average molecular weight is 546 g/mol. The lowest BCUT2D eigenvalue weighted by atomic mass is 9.66. The standard InChI is InChI=1S/C37H55NO2/c1-3-5-6-7-9-12-26-37(30-38)27-14-16-34(29-37)33-20-18-31(19-21-33)32-22-24-36(25-23-32)40-35(15-4-2)17-11-8-10-13-28-39/h18-25,34-35,39H,3-17,26-29H2,1-2H3. The second-order valence-corrected chi connectivity index (χ2v) is 12.3. The number of aliphatic hydroxyl groups excluding tert-OH is 1. The zero-order chi connectivity index (χ0) is 28.5. The van der Waals surface area contributed by atoms with Crippen molar-refractivity contribution in [2.45, 2.75) is 141 Å². The highest BCUT2D eigenvalue weighted by Gasteiger charge is 2.36. The largest absolute Gasteiger partial charge is 0.490 e. The van der Waals surface area contributed by atoms with Crippen LogP contribution in [0.3, 0.4) is 0 Å². The predicted octanol–water partition coefficient (Wildman–Crippen LogP) is 10.8. The monoisotopic (exact) mass is 545 g/mol. The smallest absolute Gasteiger partial charge is 0.119 e. The number of nitriles is 1. The molecule has 2 aromatic carbocycles. The summed E-state index contributed by atoms with van der Waals surface area (Å²) >= 11 is 0. The van der Waals surface area contributed by atoms with E-state index in [9.17, 15) is 5.26 Å². The fourth-order valence-electron chi connectivity index (χ4n) is 6.56. The summed E-state index contributed by atoms with van der Waals surface area (Å²) < 4.78 is 6.36. The third-order valence-corrected chi connectivity index (χ3v) is 9.01.